The van der Waals surface area contributed by atoms with Crippen molar-refractivity contribution in [3.8, 4) is 0 Å². The summed E-state index contributed by atoms with van der Waals surface area (Å²) in [5, 5.41) is 6.21. The summed E-state index contributed by atoms with van der Waals surface area (Å²) in [6.07, 6.45) is 2.10. The molecule has 0 aliphatic heterocycles. The highest BCUT2D eigenvalue weighted by molar-refractivity contribution is 14.1. The predicted octanol–water partition coefficient (Wildman–Crippen LogP) is 3.40. The third-order valence-electron chi connectivity index (χ3n) is 2.73. The Labute approximate surface area is 123 Å². The summed E-state index contributed by atoms with van der Waals surface area (Å²) in [7, 11) is 0. The lowest BCUT2D eigenvalue weighted by molar-refractivity contribution is -0.122. The van der Waals surface area contributed by atoms with Gasteiger partial charge >= 0.3 is 0 Å². The van der Waals surface area contributed by atoms with E-state index in [4.69, 9.17) is 0 Å². The second-order valence-electron chi connectivity index (χ2n) is 4.57. The largest absolute Gasteiger partial charge is 0.374 e. The first-order chi connectivity index (χ1) is 8.52. The van der Waals surface area contributed by atoms with E-state index in [1.54, 1.807) is 0 Å². The van der Waals surface area contributed by atoms with E-state index in [1.807, 2.05) is 38.1 Å². The van der Waals surface area contributed by atoms with E-state index in [0.717, 1.165) is 18.5 Å². The maximum Gasteiger partial charge on any atom is 0.242 e. The van der Waals surface area contributed by atoms with Gasteiger partial charge in [-0.2, -0.15) is 0 Å². The van der Waals surface area contributed by atoms with Gasteiger partial charge in [0, 0.05) is 15.3 Å². The third-order valence-corrected chi connectivity index (χ3v) is 3.45. The van der Waals surface area contributed by atoms with E-state index >= 15 is 0 Å². The molecule has 100 valence electrons. The van der Waals surface area contributed by atoms with Gasteiger partial charge in [-0.25, -0.2) is 0 Å². The number of benzene rings is 1. The van der Waals surface area contributed by atoms with Gasteiger partial charge in [-0.05, 0) is 67.1 Å². The molecule has 1 rings (SSSR count). The highest BCUT2D eigenvalue weighted by atomic mass is 127. The number of anilines is 1. The molecule has 1 amide bonds. The van der Waals surface area contributed by atoms with Gasteiger partial charge in [0.05, 0.1) is 0 Å². The summed E-state index contributed by atoms with van der Waals surface area (Å²) < 4.78 is 1.19. The van der Waals surface area contributed by atoms with Crippen molar-refractivity contribution in [1.29, 1.82) is 0 Å². The van der Waals surface area contributed by atoms with Crippen LogP contribution in [0.2, 0.25) is 0 Å². The highest BCUT2D eigenvalue weighted by Crippen LogP contribution is 2.12. The maximum atomic E-state index is 11.9. The normalized spacial score (nSPS) is 13.8. The Morgan fingerprint density at radius 1 is 1.28 bits per heavy atom. The fourth-order valence-corrected chi connectivity index (χ4v) is 2.09. The van der Waals surface area contributed by atoms with Crippen LogP contribution in [0.5, 0.6) is 0 Å². The first-order valence-corrected chi connectivity index (χ1v) is 7.43. The van der Waals surface area contributed by atoms with Crippen molar-refractivity contribution >= 4 is 34.2 Å². The second kappa shape index (κ2) is 7.61. The number of rotatable bonds is 6. The van der Waals surface area contributed by atoms with Crippen molar-refractivity contribution < 1.29 is 4.79 Å². The molecule has 3 nitrogen and oxygen atoms in total. The van der Waals surface area contributed by atoms with Crippen LogP contribution in [-0.4, -0.2) is 18.0 Å². The molecule has 0 aliphatic carbocycles. The molecule has 0 aromatic heterocycles. The monoisotopic (exact) mass is 360 g/mol. The molecule has 2 unspecified atom stereocenters. The smallest absolute Gasteiger partial charge is 0.242 e. The molecule has 2 N–H and O–H groups in total. The summed E-state index contributed by atoms with van der Waals surface area (Å²) in [5.74, 6) is 0.0505. The quantitative estimate of drug-likeness (QED) is 0.764. The van der Waals surface area contributed by atoms with Crippen molar-refractivity contribution in [3.63, 3.8) is 0 Å². The summed E-state index contributed by atoms with van der Waals surface area (Å²) in [5.41, 5.74) is 0.973. The van der Waals surface area contributed by atoms with Crippen LogP contribution in [0.4, 0.5) is 5.69 Å². The van der Waals surface area contributed by atoms with Crippen LogP contribution < -0.4 is 10.6 Å². The second-order valence-corrected chi connectivity index (χ2v) is 5.82. The van der Waals surface area contributed by atoms with E-state index in [-0.39, 0.29) is 18.0 Å². The molecular formula is C14H21IN2O. The number of carbonyl (C=O) groups is 1. The molecule has 4 heteroatoms. The van der Waals surface area contributed by atoms with Gasteiger partial charge in [0.25, 0.3) is 0 Å². The summed E-state index contributed by atoms with van der Waals surface area (Å²) >= 11 is 2.26. The van der Waals surface area contributed by atoms with Crippen molar-refractivity contribution in [3.05, 3.63) is 27.8 Å². The van der Waals surface area contributed by atoms with Crippen LogP contribution in [0.15, 0.2) is 24.3 Å². The van der Waals surface area contributed by atoms with E-state index in [0.29, 0.717) is 0 Å². The van der Waals surface area contributed by atoms with Crippen molar-refractivity contribution in [2.45, 2.75) is 45.7 Å². The van der Waals surface area contributed by atoms with Crippen LogP contribution in [-0.2, 0) is 4.79 Å². The SMILES string of the molecule is CCCC(C)NC(=O)C(C)Nc1ccc(I)cc1. The molecule has 1 aromatic carbocycles. The lowest BCUT2D eigenvalue weighted by Crippen LogP contribution is -2.42. The van der Waals surface area contributed by atoms with Gasteiger partial charge in [-0.3, -0.25) is 4.79 Å². The number of hydrogen-bond acceptors (Lipinski definition) is 2. The van der Waals surface area contributed by atoms with Gasteiger partial charge < -0.3 is 10.6 Å². The Kier molecular flexibility index (Phi) is 6.46. The fraction of sp³-hybridized carbons (Fsp3) is 0.500. The van der Waals surface area contributed by atoms with E-state index in [9.17, 15) is 4.79 Å². The molecule has 0 spiro atoms. The van der Waals surface area contributed by atoms with Gasteiger partial charge in [-0.1, -0.05) is 13.3 Å². The molecule has 0 heterocycles. The van der Waals surface area contributed by atoms with Crippen LogP contribution in [0, 0.1) is 3.57 Å². The molecule has 0 aliphatic rings. The highest BCUT2D eigenvalue weighted by Gasteiger charge is 2.14. The van der Waals surface area contributed by atoms with E-state index in [1.165, 1.54) is 3.57 Å². The minimum atomic E-state index is -0.218. The number of halogens is 1. The van der Waals surface area contributed by atoms with E-state index in [2.05, 4.69) is 40.1 Å². The third kappa shape index (κ3) is 5.25. The molecule has 0 saturated carbocycles. The lowest BCUT2D eigenvalue weighted by atomic mass is 10.2. The standard InChI is InChI=1S/C14H21IN2O/c1-4-5-10(2)16-14(18)11(3)17-13-8-6-12(15)7-9-13/h6-11,17H,4-5H2,1-3H3,(H,16,18). The molecule has 0 bridgehead atoms. The number of hydrogen-bond donors (Lipinski definition) is 2. The molecule has 0 saturated heterocycles. The van der Waals surface area contributed by atoms with Crippen molar-refractivity contribution in [2.24, 2.45) is 0 Å². The van der Waals surface area contributed by atoms with Crippen molar-refractivity contribution in [2.75, 3.05) is 5.32 Å². The summed E-state index contributed by atoms with van der Waals surface area (Å²) in [6, 6.07) is 8.04. The van der Waals surface area contributed by atoms with Gasteiger partial charge in [0.2, 0.25) is 5.91 Å². The van der Waals surface area contributed by atoms with Gasteiger partial charge in [0.1, 0.15) is 6.04 Å². The average molecular weight is 360 g/mol. The first kappa shape index (κ1) is 15.3. The molecular weight excluding hydrogens is 339 g/mol. The number of carbonyl (C=O) groups excluding carboxylic acids is 1. The zero-order chi connectivity index (χ0) is 13.5. The van der Waals surface area contributed by atoms with E-state index < -0.39 is 0 Å². The van der Waals surface area contributed by atoms with Crippen LogP contribution in [0.3, 0.4) is 0 Å². The van der Waals surface area contributed by atoms with Gasteiger partial charge in [0.15, 0.2) is 0 Å². The Bertz CT molecular complexity index is 378. The van der Waals surface area contributed by atoms with Crippen molar-refractivity contribution in [1.82, 2.24) is 5.32 Å². The topological polar surface area (TPSA) is 41.1 Å². The zero-order valence-electron chi connectivity index (χ0n) is 11.2. The average Bonchev–Trinajstić information content (AvgIpc) is 2.32. The predicted molar refractivity (Wildman–Crippen MR) is 84.8 cm³/mol. The molecule has 18 heavy (non-hydrogen) atoms. The molecule has 0 radical (unpaired) electrons. The molecule has 1 aromatic rings. The Hall–Kier alpha value is -0.780. The summed E-state index contributed by atoms with van der Waals surface area (Å²) in [6.45, 7) is 6.04. The lowest BCUT2D eigenvalue weighted by Gasteiger charge is -2.18. The fourth-order valence-electron chi connectivity index (χ4n) is 1.73. The summed E-state index contributed by atoms with van der Waals surface area (Å²) in [4.78, 5) is 11.9. The minimum absolute atomic E-state index is 0.0505. The zero-order valence-corrected chi connectivity index (χ0v) is 13.3. The Balaban J connectivity index is 2.46. The van der Waals surface area contributed by atoms with Crippen LogP contribution in [0.1, 0.15) is 33.6 Å². The first-order valence-electron chi connectivity index (χ1n) is 6.35. The minimum Gasteiger partial charge on any atom is -0.374 e. The molecule has 2 atom stereocenters. The Morgan fingerprint density at radius 3 is 2.44 bits per heavy atom. The number of amides is 1. The van der Waals surface area contributed by atoms with Crippen LogP contribution >= 0.6 is 22.6 Å². The maximum absolute atomic E-state index is 11.9. The van der Waals surface area contributed by atoms with Gasteiger partial charge in [-0.15, -0.1) is 0 Å². The molecule has 0 fully saturated rings. The Morgan fingerprint density at radius 2 is 1.89 bits per heavy atom. The van der Waals surface area contributed by atoms with Crippen LogP contribution in [0.25, 0.3) is 0 Å². The number of nitrogens with one attached hydrogen (secondary N) is 2.